The first kappa shape index (κ1) is 14.3. The van der Waals surface area contributed by atoms with Crippen molar-refractivity contribution in [3.05, 3.63) is 45.5 Å². The fourth-order valence-corrected chi connectivity index (χ4v) is 3.23. The van der Waals surface area contributed by atoms with Gasteiger partial charge in [-0.1, -0.05) is 34.4 Å². The zero-order valence-corrected chi connectivity index (χ0v) is 12.8. The number of halogens is 2. The molecule has 2 unspecified atom stereocenters. The van der Waals surface area contributed by atoms with Crippen molar-refractivity contribution in [1.29, 1.82) is 0 Å². The van der Waals surface area contributed by atoms with Gasteiger partial charge in [0.25, 0.3) is 0 Å². The first-order chi connectivity index (χ1) is 9.86. The molecule has 4 nitrogen and oxygen atoms in total. The predicted octanol–water partition coefficient (Wildman–Crippen LogP) is 3.20. The van der Waals surface area contributed by atoms with Crippen LogP contribution in [0, 0.1) is 5.92 Å². The molecular weight excluding hydrogens is 313 g/mol. The second-order valence-electron chi connectivity index (χ2n) is 5.26. The molecule has 0 fully saturated rings. The van der Waals surface area contributed by atoms with Gasteiger partial charge in [0.2, 0.25) is 11.4 Å². The van der Waals surface area contributed by atoms with Gasteiger partial charge in [0.1, 0.15) is 11.6 Å². The van der Waals surface area contributed by atoms with Crippen molar-refractivity contribution in [3.63, 3.8) is 0 Å². The monoisotopic (exact) mass is 323 g/mol. The highest BCUT2D eigenvalue weighted by molar-refractivity contribution is 6.42. The molecule has 0 saturated heterocycles. The number of benzene rings is 1. The Morgan fingerprint density at radius 2 is 1.86 bits per heavy atom. The molecule has 0 radical (unpaired) electrons. The van der Waals surface area contributed by atoms with Crippen LogP contribution in [0.3, 0.4) is 0 Å². The van der Waals surface area contributed by atoms with Crippen molar-refractivity contribution in [3.8, 4) is 0 Å². The summed E-state index contributed by atoms with van der Waals surface area (Å²) in [4.78, 5) is 30.0. The minimum atomic E-state index is -1.32. The molecule has 0 bridgehead atoms. The Morgan fingerprint density at radius 1 is 1.24 bits per heavy atom. The van der Waals surface area contributed by atoms with Gasteiger partial charge in [0.05, 0.1) is 10.0 Å². The second-order valence-corrected chi connectivity index (χ2v) is 6.07. The smallest absolute Gasteiger partial charge is 0.212 e. The van der Waals surface area contributed by atoms with Gasteiger partial charge in [-0.2, -0.15) is 0 Å². The Kier molecular flexibility index (Phi) is 3.19. The summed E-state index contributed by atoms with van der Waals surface area (Å²) in [6.07, 6.45) is 1.30. The molecule has 1 aromatic rings. The first-order valence-electron chi connectivity index (χ1n) is 6.33. The van der Waals surface area contributed by atoms with Crippen LogP contribution in [0.25, 0.3) is 0 Å². The van der Waals surface area contributed by atoms with Crippen molar-refractivity contribution in [2.24, 2.45) is 11.1 Å². The minimum Gasteiger partial charge on any atom is -0.380 e. The highest BCUT2D eigenvalue weighted by atomic mass is 35.5. The molecule has 0 amide bonds. The molecular formula is C15H11Cl2NO3. The Hall–Kier alpha value is -1.65. The van der Waals surface area contributed by atoms with Crippen molar-refractivity contribution >= 4 is 40.5 Å². The summed E-state index contributed by atoms with van der Waals surface area (Å²) in [5.74, 6) is -1.32. The third-order valence-corrected chi connectivity index (χ3v) is 4.49. The number of carbonyl (C=O) groups is 2. The summed E-state index contributed by atoms with van der Waals surface area (Å²) in [5, 5.41) is 4.68. The van der Waals surface area contributed by atoms with E-state index in [2.05, 4.69) is 5.16 Å². The lowest BCUT2D eigenvalue weighted by molar-refractivity contribution is -0.145. The number of Topliss-reactive ketones (excluding diaryl/α,β-unsaturated/α-hetero) is 1. The quantitative estimate of drug-likeness (QED) is 0.797. The minimum absolute atomic E-state index is 0.204. The molecule has 0 saturated carbocycles. The molecule has 108 valence electrons. The zero-order valence-electron chi connectivity index (χ0n) is 11.3. The second kappa shape index (κ2) is 4.68. The van der Waals surface area contributed by atoms with E-state index in [0.717, 1.165) is 0 Å². The van der Waals surface area contributed by atoms with Crippen LogP contribution >= 0.6 is 23.2 Å². The maximum atomic E-state index is 12.5. The van der Waals surface area contributed by atoms with Gasteiger partial charge in [-0.3, -0.25) is 9.59 Å². The molecule has 0 aromatic heterocycles. The Labute approximate surface area is 131 Å². The van der Waals surface area contributed by atoms with Gasteiger partial charge in [-0.05, 0) is 37.6 Å². The summed E-state index contributed by atoms with van der Waals surface area (Å²) < 4.78 is 0. The molecule has 1 aliphatic heterocycles. The van der Waals surface area contributed by atoms with E-state index >= 15 is 0 Å². The normalized spacial score (nSPS) is 27.9. The van der Waals surface area contributed by atoms with Crippen LogP contribution in [0.1, 0.15) is 19.4 Å². The number of hydrogen-bond donors (Lipinski definition) is 0. The number of oxime groups is 1. The number of ketones is 2. The Morgan fingerprint density at radius 3 is 2.48 bits per heavy atom. The predicted molar refractivity (Wildman–Crippen MR) is 79.8 cm³/mol. The maximum absolute atomic E-state index is 12.5. The van der Waals surface area contributed by atoms with E-state index in [9.17, 15) is 9.59 Å². The van der Waals surface area contributed by atoms with E-state index in [1.54, 1.807) is 32.0 Å². The fourth-order valence-electron chi connectivity index (χ4n) is 2.64. The Bertz CT molecular complexity index is 718. The summed E-state index contributed by atoms with van der Waals surface area (Å²) in [5.41, 5.74) is -0.206. The fraction of sp³-hybridized carbons (Fsp3) is 0.267. The zero-order chi connectivity index (χ0) is 15.4. The van der Waals surface area contributed by atoms with Gasteiger partial charge in [0.15, 0.2) is 5.78 Å². The summed E-state index contributed by atoms with van der Waals surface area (Å²) >= 11 is 12.3. The number of hydrogen-bond acceptors (Lipinski definition) is 4. The van der Waals surface area contributed by atoms with Crippen LogP contribution in [0.5, 0.6) is 0 Å². The van der Waals surface area contributed by atoms with Gasteiger partial charge in [-0.15, -0.1) is 0 Å². The van der Waals surface area contributed by atoms with Crippen LogP contribution in [0.4, 0.5) is 0 Å². The first-order valence-corrected chi connectivity index (χ1v) is 7.09. The maximum Gasteiger partial charge on any atom is 0.212 e. The van der Waals surface area contributed by atoms with Crippen LogP contribution < -0.4 is 0 Å². The molecule has 1 heterocycles. The average Bonchev–Trinajstić information content (AvgIpc) is 2.76. The van der Waals surface area contributed by atoms with Crippen LogP contribution in [-0.4, -0.2) is 22.9 Å². The molecule has 0 N–H and O–H groups in total. The topological polar surface area (TPSA) is 55.7 Å². The third-order valence-electron chi connectivity index (χ3n) is 3.86. The molecule has 21 heavy (non-hydrogen) atoms. The Balaban J connectivity index is 2.18. The van der Waals surface area contributed by atoms with Gasteiger partial charge in [-0.25, -0.2) is 0 Å². The van der Waals surface area contributed by atoms with Gasteiger partial charge >= 0.3 is 0 Å². The van der Waals surface area contributed by atoms with Crippen LogP contribution in [-0.2, 0) is 14.4 Å². The summed E-state index contributed by atoms with van der Waals surface area (Å²) in [6, 6.07) is 5.00. The molecule has 0 spiro atoms. The van der Waals surface area contributed by atoms with Crippen molar-refractivity contribution < 1.29 is 14.4 Å². The molecule has 1 aromatic carbocycles. The number of allylic oxidation sites excluding steroid dienone is 1. The highest BCUT2D eigenvalue weighted by Gasteiger charge is 2.57. The van der Waals surface area contributed by atoms with Gasteiger partial charge < -0.3 is 4.84 Å². The third kappa shape index (κ3) is 1.93. The van der Waals surface area contributed by atoms with Crippen molar-refractivity contribution in [2.45, 2.75) is 19.4 Å². The molecule has 1 aliphatic carbocycles. The van der Waals surface area contributed by atoms with Gasteiger partial charge in [0, 0.05) is 5.56 Å². The van der Waals surface area contributed by atoms with E-state index in [1.165, 1.54) is 6.08 Å². The van der Waals surface area contributed by atoms with E-state index in [4.69, 9.17) is 28.0 Å². The molecule has 2 aliphatic rings. The number of fused-ring (bicyclic) bond motifs is 1. The molecule has 3 rings (SSSR count). The summed E-state index contributed by atoms with van der Waals surface area (Å²) in [6.45, 7) is 3.16. The lowest BCUT2D eigenvalue weighted by Gasteiger charge is -2.29. The SMILES string of the molecule is CC1=CC(=O)C2(C)ON=C(c3c(Cl)cccc3Cl)C2C1=O. The van der Waals surface area contributed by atoms with E-state index in [1.807, 2.05) is 0 Å². The largest absolute Gasteiger partial charge is 0.380 e. The lowest BCUT2D eigenvalue weighted by atomic mass is 9.72. The number of nitrogens with zero attached hydrogens (tertiary/aromatic N) is 1. The van der Waals surface area contributed by atoms with E-state index in [-0.39, 0.29) is 11.6 Å². The standard InChI is InChI=1S/C15H11Cl2NO3/c1-7-6-10(19)15(2)12(14(7)20)13(18-21-15)11-8(16)4-3-5-9(11)17/h3-6,12H,1-2H3. The number of carbonyl (C=O) groups excluding carboxylic acids is 2. The number of rotatable bonds is 1. The van der Waals surface area contributed by atoms with E-state index < -0.39 is 11.5 Å². The summed E-state index contributed by atoms with van der Waals surface area (Å²) in [7, 11) is 0. The molecule has 2 atom stereocenters. The highest BCUT2D eigenvalue weighted by Crippen LogP contribution is 2.41. The van der Waals surface area contributed by atoms with E-state index in [0.29, 0.717) is 26.9 Å². The van der Waals surface area contributed by atoms with Crippen molar-refractivity contribution in [2.75, 3.05) is 0 Å². The average molecular weight is 324 g/mol. The van der Waals surface area contributed by atoms with Crippen molar-refractivity contribution in [1.82, 2.24) is 0 Å². The van der Waals surface area contributed by atoms with Crippen LogP contribution in [0.2, 0.25) is 10.0 Å². The molecule has 6 heteroatoms. The lowest BCUT2D eigenvalue weighted by Crippen LogP contribution is -2.50. The van der Waals surface area contributed by atoms with Crippen LogP contribution in [0.15, 0.2) is 35.0 Å².